The molecule has 0 unspecified atom stereocenters. The molecule has 2 aromatic carbocycles. The Kier molecular flexibility index (Phi) is 9.97. The number of allylic oxidation sites excluding steroid dienone is 4. The second-order valence-electron chi connectivity index (χ2n) is 8.37. The first-order chi connectivity index (χ1) is 11.2. The van der Waals surface area contributed by atoms with Gasteiger partial charge in [0, 0.05) is 8.07 Å². The van der Waals surface area contributed by atoms with Crippen molar-refractivity contribution in [2.45, 2.75) is 59.7 Å². The Labute approximate surface area is 194 Å². The van der Waals surface area contributed by atoms with E-state index in [0.717, 1.165) is 0 Å². The van der Waals surface area contributed by atoms with Crippen molar-refractivity contribution in [1.82, 2.24) is 0 Å². The van der Waals surface area contributed by atoms with Crippen LogP contribution in [0.3, 0.4) is 0 Å². The molecule has 0 radical (unpaired) electrons. The van der Waals surface area contributed by atoms with Crippen molar-refractivity contribution in [3.05, 3.63) is 59.2 Å². The first-order valence-electron chi connectivity index (χ1n) is 9.20. The molecule has 0 aromatic heterocycles. The molecule has 2 aliphatic rings. The molecule has 0 bridgehead atoms. The zero-order chi connectivity index (χ0) is 17.5. The minimum absolute atomic E-state index is 0. The van der Waals surface area contributed by atoms with Crippen molar-refractivity contribution < 1.29 is 46.5 Å². The van der Waals surface area contributed by atoms with Crippen molar-refractivity contribution in [3.8, 4) is 0 Å². The molecule has 0 nitrogen and oxygen atoms in total. The molecule has 27 heavy (non-hydrogen) atoms. The SMILES string of the molecule is CC1=[C-]C(C)(C)C(C)=C1C.C[Si]1([c-]2ccc3ccccc32)CCC1.[Cl-].[Cl-].[Ti+4]. The number of benzene rings is 1. The fourth-order valence-corrected chi connectivity index (χ4v) is 7.38. The van der Waals surface area contributed by atoms with E-state index in [0.29, 0.717) is 0 Å². The van der Waals surface area contributed by atoms with Gasteiger partial charge in [-0.15, -0.1) is 41.1 Å². The van der Waals surface area contributed by atoms with Gasteiger partial charge in [0.05, 0.1) is 0 Å². The van der Waals surface area contributed by atoms with E-state index in [-0.39, 0.29) is 51.9 Å². The average molecular weight is 453 g/mol. The number of hydrogen-bond donors (Lipinski definition) is 0. The summed E-state index contributed by atoms with van der Waals surface area (Å²) in [5, 5.41) is 4.67. The summed E-state index contributed by atoms with van der Waals surface area (Å²) >= 11 is 0. The molecule has 0 spiro atoms. The minimum Gasteiger partial charge on any atom is -1.00 e. The molecule has 0 atom stereocenters. The molecular weight excluding hydrogens is 423 g/mol. The van der Waals surface area contributed by atoms with Crippen LogP contribution < -0.4 is 30.0 Å². The van der Waals surface area contributed by atoms with E-state index in [1.54, 1.807) is 5.19 Å². The Balaban J connectivity index is 0.000000473. The van der Waals surface area contributed by atoms with Crippen LogP contribution >= 0.6 is 0 Å². The van der Waals surface area contributed by atoms with Crippen LogP contribution in [-0.2, 0) is 21.7 Å². The third kappa shape index (κ3) is 5.25. The summed E-state index contributed by atoms with van der Waals surface area (Å²) in [4.78, 5) is 0. The Morgan fingerprint density at radius 2 is 1.59 bits per heavy atom. The maximum absolute atomic E-state index is 3.44. The molecule has 1 aliphatic carbocycles. The van der Waals surface area contributed by atoms with Crippen LogP contribution in [0, 0.1) is 11.5 Å². The van der Waals surface area contributed by atoms with Crippen molar-refractivity contribution in [3.63, 3.8) is 0 Å². The fourth-order valence-electron chi connectivity index (χ4n) is 4.06. The van der Waals surface area contributed by atoms with E-state index in [1.165, 1.54) is 46.0 Å². The van der Waals surface area contributed by atoms with Gasteiger partial charge in [0.1, 0.15) is 0 Å². The van der Waals surface area contributed by atoms with Crippen LogP contribution in [0.15, 0.2) is 53.1 Å². The van der Waals surface area contributed by atoms with Crippen LogP contribution in [0.4, 0.5) is 0 Å². The predicted octanol–water partition coefficient (Wildman–Crippen LogP) is 0.366. The molecule has 1 aliphatic heterocycles. The summed E-state index contributed by atoms with van der Waals surface area (Å²) in [5.41, 5.74) is 4.39. The van der Waals surface area contributed by atoms with Gasteiger partial charge in [-0.25, -0.2) is 5.57 Å². The number of rotatable bonds is 1. The standard InChI is InChI=1S/C13H15Si.C10H15.2ClH.Ti/c1-14(9-4-10-14)13-8-7-11-5-2-3-6-12(11)13;1-7-6-10(4,5)9(3)8(7)2;;;/h2-3,5-8H,4,9-10H2,1H3;1-5H3;2*1H;/q2*-1;;;+4/p-2. The maximum Gasteiger partial charge on any atom is 4.00 e. The molecule has 1 heterocycles. The van der Waals surface area contributed by atoms with Crippen LogP contribution in [0.2, 0.25) is 18.6 Å². The van der Waals surface area contributed by atoms with Gasteiger partial charge in [0.2, 0.25) is 0 Å². The topological polar surface area (TPSA) is 0 Å². The summed E-state index contributed by atoms with van der Waals surface area (Å²) in [6.07, 6.45) is 4.90. The first kappa shape index (κ1) is 26.8. The van der Waals surface area contributed by atoms with Gasteiger partial charge in [0.15, 0.2) is 0 Å². The second kappa shape index (κ2) is 10.0. The Morgan fingerprint density at radius 3 is 2.00 bits per heavy atom. The van der Waals surface area contributed by atoms with E-state index in [9.17, 15) is 0 Å². The molecule has 0 N–H and O–H groups in total. The molecule has 0 saturated carbocycles. The number of fused-ring (bicyclic) bond motifs is 1. The second-order valence-corrected chi connectivity index (χ2v) is 13.0. The third-order valence-electron chi connectivity index (χ3n) is 6.35. The van der Waals surface area contributed by atoms with Crippen molar-refractivity contribution in [2.75, 3.05) is 0 Å². The van der Waals surface area contributed by atoms with E-state index in [2.05, 4.69) is 83.6 Å². The smallest absolute Gasteiger partial charge is 1.00 e. The van der Waals surface area contributed by atoms with E-state index in [4.69, 9.17) is 0 Å². The predicted molar refractivity (Wildman–Crippen MR) is 110 cm³/mol. The van der Waals surface area contributed by atoms with Crippen molar-refractivity contribution in [1.29, 1.82) is 0 Å². The summed E-state index contributed by atoms with van der Waals surface area (Å²) in [6.45, 7) is 13.5. The largest absolute Gasteiger partial charge is 4.00 e. The van der Waals surface area contributed by atoms with Gasteiger partial charge in [-0.3, -0.25) is 6.08 Å². The van der Waals surface area contributed by atoms with Crippen LogP contribution in [-0.4, -0.2) is 8.07 Å². The fraction of sp³-hybridized carbons (Fsp3) is 0.435. The van der Waals surface area contributed by atoms with Crippen LogP contribution in [0.5, 0.6) is 0 Å². The Bertz CT molecular complexity index is 826. The van der Waals surface area contributed by atoms with Gasteiger partial charge in [-0.2, -0.15) is 23.3 Å². The molecule has 1 fully saturated rings. The summed E-state index contributed by atoms with van der Waals surface area (Å²) < 4.78 is 0. The molecule has 1 saturated heterocycles. The zero-order valence-corrected chi connectivity index (χ0v) is 21.4. The third-order valence-corrected chi connectivity index (χ3v) is 11.0. The number of halogens is 2. The quantitative estimate of drug-likeness (QED) is 0.433. The molecule has 4 rings (SSSR count). The van der Waals surface area contributed by atoms with Gasteiger partial charge < -0.3 is 24.8 Å². The zero-order valence-electron chi connectivity index (χ0n) is 17.3. The summed E-state index contributed by atoms with van der Waals surface area (Å²) in [7, 11) is -0.985. The Hall–Kier alpha value is -0.179. The molecule has 4 heteroatoms. The van der Waals surface area contributed by atoms with Crippen molar-refractivity contribution >= 4 is 24.0 Å². The van der Waals surface area contributed by atoms with Crippen LogP contribution in [0.1, 0.15) is 41.0 Å². The van der Waals surface area contributed by atoms with Crippen molar-refractivity contribution in [2.24, 2.45) is 5.41 Å². The van der Waals surface area contributed by atoms with Gasteiger partial charge >= 0.3 is 21.7 Å². The normalized spacial score (nSPS) is 18.8. The van der Waals surface area contributed by atoms with E-state index >= 15 is 0 Å². The van der Waals surface area contributed by atoms with Gasteiger partial charge in [-0.05, 0) is 0 Å². The minimum atomic E-state index is -0.985. The molecule has 144 valence electrons. The average Bonchev–Trinajstić information content (AvgIpc) is 3.02. The summed E-state index contributed by atoms with van der Waals surface area (Å²) in [6, 6.07) is 16.5. The number of hydrogen-bond acceptors (Lipinski definition) is 0. The maximum atomic E-state index is 3.44. The van der Waals surface area contributed by atoms with Gasteiger partial charge in [-0.1, -0.05) is 64.2 Å². The molecule has 2 aromatic rings. The Morgan fingerprint density at radius 1 is 1.00 bits per heavy atom. The van der Waals surface area contributed by atoms with E-state index < -0.39 is 8.07 Å². The monoisotopic (exact) mass is 452 g/mol. The van der Waals surface area contributed by atoms with Crippen LogP contribution in [0.25, 0.3) is 10.8 Å². The summed E-state index contributed by atoms with van der Waals surface area (Å²) in [5.74, 6) is 0. The van der Waals surface area contributed by atoms with E-state index in [1.807, 2.05) is 0 Å². The first-order valence-corrected chi connectivity index (χ1v) is 12.1. The molecular formula is C23H30Cl2SiTi. The molecule has 0 amide bonds. The van der Waals surface area contributed by atoms with Gasteiger partial charge in [0.25, 0.3) is 0 Å².